The largest absolute Gasteiger partial charge is 0.492 e. The van der Waals surface area contributed by atoms with Gasteiger partial charge in [0.05, 0.1) is 18.6 Å². The van der Waals surface area contributed by atoms with Crippen molar-refractivity contribution in [1.29, 1.82) is 0 Å². The average Bonchev–Trinajstić information content (AvgIpc) is 2.65. The molecule has 7 heteroatoms. The first-order valence-electron chi connectivity index (χ1n) is 9.33. The van der Waals surface area contributed by atoms with E-state index in [0.29, 0.717) is 31.0 Å². The third-order valence-electron chi connectivity index (χ3n) is 4.21. The number of carbonyl (C=O) groups is 1. The van der Waals surface area contributed by atoms with Crippen LogP contribution in [0.1, 0.15) is 30.9 Å². The van der Waals surface area contributed by atoms with Crippen molar-refractivity contribution in [1.82, 2.24) is 5.32 Å². The Bertz CT molecular complexity index is 880. The van der Waals surface area contributed by atoms with Crippen LogP contribution in [0.4, 0.5) is 5.69 Å². The normalized spacial score (nSPS) is 11.1. The molecule has 2 aromatic carbocycles. The van der Waals surface area contributed by atoms with E-state index in [4.69, 9.17) is 4.74 Å². The molecular formula is C21H28N2O4S. The molecule has 2 rings (SSSR count). The number of hydrogen-bond acceptors (Lipinski definition) is 4. The number of sulfonamides is 1. The maximum atomic E-state index is 12.3. The van der Waals surface area contributed by atoms with Gasteiger partial charge in [-0.3, -0.25) is 9.10 Å². The zero-order chi connectivity index (χ0) is 20.6. The Morgan fingerprint density at radius 1 is 1.11 bits per heavy atom. The molecule has 0 heterocycles. The molecule has 0 spiro atoms. The molecule has 2 aromatic rings. The Labute approximate surface area is 167 Å². The number of nitrogens with one attached hydrogen (secondary N) is 1. The second-order valence-electron chi connectivity index (χ2n) is 6.60. The maximum absolute atomic E-state index is 12.3. The van der Waals surface area contributed by atoms with Crippen LogP contribution in [0.3, 0.4) is 0 Å². The summed E-state index contributed by atoms with van der Waals surface area (Å²) < 4.78 is 31.4. The van der Waals surface area contributed by atoms with Crippen LogP contribution in [0.2, 0.25) is 0 Å². The lowest BCUT2D eigenvalue weighted by molar-refractivity contribution is -0.121. The predicted molar refractivity (Wildman–Crippen MR) is 112 cm³/mol. The molecule has 0 atom stereocenters. The van der Waals surface area contributed by atoms with Gasteiger partial charge in [-0.1, -0.05) is 42.0 Å². The molecule has 0 unspecified atom stereocenters. The average molecular weight is 405 g/mol. The van der Waals surface area contributed by atoms with Crippen LogP contribution in [0, 0.1) is 6.92 Å². The van der Waals surface area contributed by atoms with Crippen LogP contribution >= 0.6 is 0 Å². The molecule has 0 aliphatic rings. The van der Waals surface area contributed by atoms with E-state index in [1.54, 1.807) is 24.3 Å². The first kappa shape index (κ1) is 21.8. The summed E-state index contributed by atoms with van der Waals surface area (Å²) in [5, 5.41) is 2.87. The van der Waals surface area contributed by atoms with Gasteiger partial charge in [-0.2, -0.15) is 0 Å². The Hall–Kier alpha value is -2.54. The minimum atomic E-state index is -3.49. The van der Waals surface area contributed by atoms with E-state index < -0.39 is 10.0 Å². The number of anilines is 1. The number of nitrogens with zero attached hydrogens (tertiary/aromatic N) is 1. The molecule has 0 saturated heterocycles. The SMILES string of the molecule is CCOc1ccccc1N(CCCC(=O)NCc1ccc(C)cc1)S(C)(=O)=O. The van der Waals surface area contributed by atoms with Gasteiger partial charge in [0.1, 0.15) is 5.75 Å². The van der Waals surface area contributed by atoms with Crippen LogP contribution in [-0.4, -0.2) is 33.7 Å². The highest BCUT2D eigenvalue weighted by molar-refractivity contribution is 7.92. The number of para-hydroxylation sites is 2. The van der Waals surface area contributed by atoms with Gasteiger partial charge < -0.3 is 10.1 Å². The fraction of sp³-hybridized carbons (Fsp3) is 0.381. The minimum absolute atomic E-state index is 0.105. The third kappa shape index (κ3) is 6.56. The summed E-state index contributed by atoms with van der Waals surface area (Å²) in [6, 6.07) is 15.0. The van der Waals surface area contributed by atoms with Crippen molar-refractivity contribution < 1.29 is 17.9 Å². The number of ether oxygens (including phenoxy) is 1. The van der Waals surface area contributed by atoms with Crippen LogP contribution in [0.25, 0.3) is 0 Å². The molecule has 0 aromatic heterocycles. The predicted octanol–water partition coefficient (Wildman–Crippen LogP) is 3.26. The van der Waals surface area contributed by atoms with Crippen LogP contribution in [0.15, 0.2) is 48.5 Å². The van der Waals surface area contributed by atoms with Gasteiger partial charge >= 0.3 is 0 Å². The van der Waals surface area contributed by atoms with E-state index in [0.717, 1.165) is 11.8 Å². The van der Waals surface area contributed by atoms with Gasteiger partial charge in [0.15, 0.2) is 0 Å². The van der Waals surface area contributed by atoms with Crippen molar-refractivity contribution >= 4 is 21.6 Å². The van der Waals surface area contributed by atoms with Gasteiger partial charge in [-0.25, -0.2) is 8.42 Å². The summed E-state index contributed by atoms with van der Waals surface area (Å²) in [6.45, 7) is 4.97. The number of amides is 1. The van der Waals surface area contributed by atoms with Crippen LogP contribution < -0.4 is 14.4 Å². The standard InChI is InChI=1S/C21H28N2O4S/c1-4-27-20-9-6-5-8-19(20)23(28(3,25)26)15-7-10-21(24)22-16-18-13-11-17(2)12-14-18/h5-6,8-9,11-14H,4,7,10,15-16H2,1-3H3,(H,22,24). The lowest BCUT2D eigenvalue weighted by Crippen LogP contribution is -2.32. The Morgan fingerprint density at radius 2 is 1.79 bits per heavy atom. The lowest BCUT2D eigenvalue weighted by Gasteiger charge is -2.24. The minimum Gasteiger partial charge on any atom is -0.492 e. The van der Waals surface area contributed by atoms with Crippen molar-refractivity contribution in [2.24, 2.45) is 0 Å². The summed E-state index contributed by atoms with van der Waals surface area (Å²) in [6.07, 6.45) is 1.81. The molecule has 0 bridgehead atoms. The van der Waals surface area contributed by atoms with E-state index in [1.807, 2.05) is 38.1 Å². The van der Waals surface area contributed by atoms with E-state index in [1.165, 1.54) is 9.87 Å². The molecule has 0 fully saturated rings. The van der Waals surface area contributed by atoms with Gasteiger partial charge in [0.2, 0.25) is 15.9 Å². The van der Waals surface area contributed by atoms with Crippen molar-refractivity contribution in [3.63, 3.8) is 0 Å². The number of carbonyl (C=O) groups excluding carboxylic acids is 1. The van der Waals surface area contributed by atoms with Gasteiger partial charge in [-0.15, -0.1) is 0 Å². The molecule has 0 saturated carbocycles. The van der Waals surface area contributed by atoms with Crippen molar-refractivity contribution in [3.8, 4) is 5.75 Å². The highest BCUT2D eigenvalue weighted by Gasteiger charge is 2.21. The summed E-state index contributed by atoms with van der Waals surface area (Å²) in [5.74, 6) is 0.409. The lowest BCUT2D eigenvalue weighted by atomic mass is 10.1. The third-order valence-corrected chi connectivity index (χ3v) is 5.39. The number of hydrogen-bond donors (Lipinski definition) is 1. The van der Waals surface area contributed by atoms with E-state index >= 15 is 0 Å². The van der Waals surface area contributed by atoms with Crippen molar-refractivity contribution in [3.05, 3.63) is 59.7 Å². The first-order chi connectivity index (χ1) is 13.3. The number of benzene rings is 2. The van der Waals surface area contributed by atoms with Crippen molar-refractivity contribution in [2.45, 2.75) is 33.2 Å². The topological polar surface area (TPSA) is 75.7 Å². The maximum Gasteiger partial charge on any atom is 0.232 e. The molecule has 0 radical (unpaired) electrons. The molecule has 1 N–H and O–H groups in total. The second kappa shape index (κ2) is 10.1. The molecule has 152 valence electrons. The van der Waals surface area contributed by atoms with Gasteiger partial charge in [0, 0.05) is 19.5 Å². The molecule has 28 heavy (non-hydrogen) atoms. The summed E-state index contributed by atoms with van der Waals surface area (Å²) in [4.78, 5) is 12.1. The Balaban J connectivity index is 1.94. The molecule has 0 aliphatic heterocycles. The highest BCUT2D eigenvalue weighted by atomic mass is 32.2. The van der Waals surface area contributed by atoms with Crippen LogP contribution in [-0.2, 0) is 21.4 Å². The van der Waals surface area contributed by atoms with Crippen molar-refractivity contribution in [2.75, 3.05) is 23.7 Å². The van der Waals surface area contributed by atoms with E-state index in [9.17, 15) is 13.2 Å². The molecule has 6 nitrogen and oxygen atoms in total. The number of aryl methyl sites for hydroxylation is 1. The highest BCUT2D eigenvalue weighted by Crippen LogP contribution is 2.30. The second-order valence-corrected chi connectivity index (χ2v) is 8.51. The van der Waals surface area contributed by atoms with Gasteiger partial charge in [0.25, 0.3) is 0 Å². The molecule has 1 amide bonds. The fourth-order valence-electron chi connectivity index (χ4n) is 2.78. The fourth-order valence-corrected chi connectivity index (χ4v) is 3.75. The summed E-state index contributed by atoms with van der Waals surface area (Å²) in [5.41, 5.74) is 2.69. The van der Waals surface area contributed by atoms with Crippen LogP contribution in [0.5, 0.6) is 5.75 Å². The zero-order valence-electron chi connectivity index (χ0n) is 16.6. The number of rotatable bonds is 10. The first-order valence-corrected chi connectivity index (χ1v) is 11.2. The zero-order valence-corrected chi connectivity index (χ0v) is 17.5. The van der Waals surface area contributed by atoms with E-state index in [2.05, 4.69) is 5.32 Å². The summed E-state index contributed by atoms with van der Waals surface area (Å²) in [7, 11) is -3.49. The van der Waals surface area contributed by atoms with Gasteiger partial charge in [-0.05, 0) is 38.0 Å². The molecule has 0 aliphatic carbocycles. The monoisotopic (exact) mass is 404 g/mol. The Kier molecular flexibility index (Phi) is 7.87. The van der Waals surface area contributed by atoms with E-state index in [-0.39, 0.29) is 18.9 Å². The quantitative estimate of drug-likeness (QED) is 0.659. The summed E-state index contributed by atoms with van der Waals surface area (Å²) >= 11 is 0. The Morgan fingerprint density at radius 3 is 2.43 bits per heavy atom. The smallest absolute Gasteiger partial charge is 0.232 e. The molecular weight excluding hydrogens is 376 g/mol.